The fourth-order valence-corrected chi connectivity index (χ4v) is 3.95. The Hall–Kier alpha value is -1.07. The first-order valence-electron chi connectivity index (χ1n) is 8.32. The second-order valence-electron chi connectivity index (χ2n) is 6.42. The van der Waals surface area contributed by atoms with Gasteiger partial charge in [-0.15, -0.1) is 0 Å². The van der Waals surface area contributed by atoms with Gasteiger partial charge in [-0.1, -0.05) is 18.5 Å². The number of carbonyl (C=O) groups excluding carboxylic acids is 1. The molecule has 2 aliphatic heterocycles. The highest BCUT2D eigenvalue weighted by Crippen LogP contribution is 2.26. The van der Waals surface area contributed by atoms with E-state index in [0.717, 1.165) is 74.7 Å². The van der Waals surface area contributed by atoms with Gasteiger partial charge in [0.15, 0.2) is 0 Å². The first-order valence-corrected chi connectivity index (χ1v) is 8.70. The van der Waals surface area contributed by atoms with E-state index in [1.165, 1.54) is 0 Å². The third-order valence-corrected chi connectivity index (χ3v) is 5.37. The van der Waals surface area contributed by atoms with Gasteiger partial charge in [-0.2, -0.15) is 5.10 Å². The van der Waals surface area contributed by atoms with E-state index in [1.807, 2.05) is 7.05 Å². The Balaban J connectivity index is 1.69. The molecular formula is C16H25ClN4O. The maximum atomic E-state index is 12.0. The number of carbonyl (C=O) groups is 1. The maximum Gasteiger partial charge on any atom is 0.222 e. The molecule has 0 N–H and O–H groups in total. The summed E-state index contributed by atoms with van der Waals surface area (Å²) in [7, 11) is 1.90. The van der Waals surface area contributed by atoms with Crippen molar-refractivity contribution in [1.29, 1.82) is 0 Å². The monoisotopic (exact) mass is 324 g/mol. The Morgan fingerprint density at radius 2 is 2.14 bits per heavy atom. The molecule has 2 aliphatic rings. The molecule has 5 nitrogen and oxygen atoms in total. The quantitative estimate of drug-likeness (QED) is 0.853. The van der Waals surface area contributed by atoms with E-state index in [-0.39, 0.29) is 0 Å². The number of likely N-dealkylation sites (tertiary alicyclic amines) is 2. The van der Waals surface area contributed by atoms with Crippen LogP contribution in [0.1, 0.15) is 43.9 Å². The third kappa shape index (κ3) is 3.01. The van der Waals surface area contributed by atoms with Crippen molar-refractivity contribution < 1.29 is 4.79 Å². The van der Waals surface area contributed by atoms with E-state index < -0.39 is 0 Å². The highest BCUT2D eigenvalue weighted by molar-refractivity contribution is 6.30. The van der Waals surface area contributed by atoms with Crippen LogP contribution >= 0.6 is 11.6 Å². The molecule has 2 fully saturated rings. The molecular weight excluding hydrogens is 300 g/mol. The molecule has 22 heavy (non-hydrogen) atoms. The second-order valence-corrected chi connectivity index (χ2v) is 6.77. The summed E-state index contributed by atoms with van der Waals surface area (Å²) in [6.07, 6.45) is 4.92. The Labute approximate surface area is 137 Å². The number of hydrogen-bond acceptors (Lipinski definition) is 3. The van der Waals surface area contributed by atoms with Crippen LogP contribution in [-0.2, 0) is 24.8 Å². The number of halogens is 1. The molecule has 122 valence electrons. The fourth-order valence-electron chi connectivity index (χ4n) is 3.75. The minimum atomic E-state index is 0.334. The van der Waals surface area contributed by atoms with Crippen molar-refractivity contribution >= 4 is 17.5 Å². The SMILES string of the molecule is CCc1nn(C)c(Cl)c1CN1CCC[C@@H](N2CCCC2=O)C1. The summed E-state index contributed by atoms with van der Waals surface area (Å²) in [5, 5.41) is 5.24. The maximum absolute atomic E-state index is 12.0. The van der Waals surface area contributed by atoms with Crippen LogP contribution in [0.25, 0.3) is 0 Å². The average molecular weight is 325 g/mol. The molecule has 0 unspecified atom stereocenters. The zero-order valence-electron chi connectivity index (χ0n) is 13.5. The zero-order chi connectivity index (χ0) is 15.7. The molecule has 3 heterocycles. The first kappa shape index (κ1) is 15.8. The lowest BCUT2D eigenvalue weighted by molar-refractivity contribution is -0.130. The zero-order valence-corrected chi connectivity index (χ0v) is 14.3. The summed E-state index contributed by atoms with van der Waals surface area (Å²) in [4.78, 5) is 16.5. The summed E-state index contributed by atoms with van der Waals surface area (Å²) in [6, 6.07) is 0.379. The molecule has 1 atom stereocenters. The van der Waals surface area contributed by atoms with Crippen molar-refractivity contribution in [2.24, 2.45) is 7.05 Å². The molecule has 1 amide bonds. The van der Waals surface area contributed by atoms with Crippen LogP contribution in [0.2, 0.25) is 5.15 Å². The van der Waals surface area contributed by atoms with Crippen LogP contribution in [-0.4, -0.2) is 51.2 Å². The normalized spacial score (nSPS) is 23.5. The van der Waals surface area contributed by atoms with Crippen LogP contribution in [0, 0.1) is 0 Å². The number of aromatic nitrogens is 2. The van der Waals surface area contributed by atoms with Crippen molar-refractivity contribution in [1.82, 2.24) is 19.6 Å². The first-order chi connectivity index (χ1) is 10.6. The summed E-state index contributed by atoms with van der Waals surface area (Å²) in [5.41, 5.74) is 2.24. The predicted octanol–water partition coefficient (Wildman–Crippen LogP) is 2.22. The van der Waals surface area contributed by atoms with E-state index in [9.17, 15) is 4.79 Å². The van der Waals surface area contributed by atoms with Crippen molar-refractivity contribution in [2.75, 3.05) is 19.6 Å². The van der Waals surface area contributed by atoms with E-state index in [0.29, 0.717) is 11.9 Å². The lowest BCUT2D eigenvalue weighted by atomic mass is 10.0. The molecule has 1 aromatic rings. The Kier molecular flexibility index (Phi) is 4.73. The summed E-state index contributed by atoms with van der Waals surface area (Å²) in [6.45, 7) is 5.93. The highest BCUT2D eigenvalue weighted by Gasteiger charge is 2.31. The van der Waals surface area contributed by atoms with Gasteiger partial charge in [0.25, 0.3) is 0 Å². The van der Waals surface area contributed by atoms with Crippen LogP contribution in [0.15, 0.2) is 0 Å². The highest BCUT2D eigenvalue weighted by atomic mass is 35.5. The fraction of sp³-hybridized carbons (Fsp3) is 0.750. The van der Waals surface area contributed by atoms with Gasteiger partial charge in [0, 0.05) is 44.7 Å². The number of aryl methyl sites for hydroxylation is 2. The smallest absolute Gasteiger partial charge is 0.222 e. The minimum Gasteiger partial charge on any atom is -0.338 e. The van der Waals surface area contributed by atoms with Gasteiger partial charge in [0.05, 0.1) is 5.69 Å². The Morgan fingerprint density at radius 3 is 2.82 bits per heavy atom. The van der Waals surface area contributed by atoms with Gasteiger partial charge in [-0.25, -0.2) is 0 Å². The van der Waals surface area contributed by atoms with Crippen LogP contribution in [0.4, 0.5) is 0 Å². The summed E-state index contributed by atoms with van der Waals surface area (Å²) >= 11 is 6.41. The number of piperidine rings is 1. The average Bonchev–Trinajstić information content (AvgIpc) is 3.06. The van der Waals surface area contributed by atoms with E-state index in [1.54, 1.807) is 4.68 Å². The van der Waals surface area contributed by atoms with Gasteiger partial charge >= 0.3 is 0 Å². The van der Waals surface area contributed by atoms with Gasteiger partial charge in [-0.3, -0.25) is 14.4 Å². The summed E-state index contributed by atoms with van der Waals surface area (Å²) < 4.78 is 1.77. The van der Waals surface area contributed by atoms with Crippen LogP contribution in [0.5, 0.6) is 0 Å². The Morgan fingerprint density at radius 1 is 1.32 bits per heavy atom. The standard InChI is InChI=1S/C16H25ClN4O/c1-3-14-13(16(17)19(2)18-14)11-20-8-4-6-12(10-20)21-9-5-7-15(21)22/h12H,3-11H2,1-2H3/t12-/m1/s1. The van der Waals surface area contributed by atoms with Crippen molar-refractivity contribution in [3.8, 4) is 0 Å². The van der Waals surface area contributed by atoms with Crippen LogP contribution in [0.3, 0.4) is 0 Å². The third-order valence-electron chi connectivity index (χ3n) is 4.90. The van der Waals surface area contributed by atoms with Crippen molar-refractivity contribution in [3.05, 3.63) is 16.4 Å². The molecule has 0 aliphatic carbocycles. The summed E-state index contributed by atoms with van der Waals surface area (Å²) in [5.74, 6) is 0.334. The van der Waals surface area contributed by atoms with Gasteiger partial charge in [0.1, 0.15) is 5.15 Å². The lowest BCUT2D eigenvalue weighted by Crippen LogP contribution is -2.48. The van der Waals surface area contributed by atoms with Gasteiger partial charge < -0.3 is 4.90 Å². The minimum absolute atomic E-state index is 0.334. The molecule has 0 bridgehead atoms. The number of amides is 1. The molecule has 3 rings (SSSR count). The number of hydrogen-bond donors (Lipinski definition) is 0. The van der Waals surface area contributed by atoms with Crippen molar-refractivity contribution in [2.45, 2.75) is 51.6 Å². The molecule has 0 radical (unpaired) electrons. The number of nitrogens with zero attached hydrogens (tertiary/aromatic N) is 4. The lowest BCUT2D eigenvalue weighted by Gasteiger charge is -2.37. The van der Waals surface area contributed by atoms with E-state index >= 15 is 0 Å². The molecule has 0 saturated carbocycles. The van der Waals surface area contributed by atoms with Crippen molar-refractivity contribution in [3.63, 3.8) is 0 Å². The van der Waals surface area contributed by atoms with Gasteiger partial charge in [-0.05, 0) is 32.2 Å². The van der Waals surface area contributed by atoms with E-state index in [2.05, 4.69) is 21.8 Å². The second kappa shape index (κ2) is 6.59. The molecule has 0 spiro atoms. The topological polar surface area (TPSA) is 41.4 Å². The Bertz CT molecular complexity index is 557. The molecule has 6 heteroatoms. The number of rotatable bonds is 4. The molecule has 1 aromatic heterocycles. The molecule has 2 saturated heterocycles. The predicted molar refractivity (Wildman–Crippen MR) is 86.8 cm³/mol. The van der Waals surface area contributed by atoms with Crippen LogP contribution < -0.4 is 0 Å². The van der Waals surface area contributed by atoms with Gasteiger partial charge in [0.2, 0.25) is 5.91 Å². The molecule has 0 aromatic carbocycles. The largest absolute Gasteiger partial charge is 0.338 e. The van der Waals surface area contributed by atoms with E-state index in [4.69, 9.17) is 11.6 Å².